The number of carboxylic acid groups (broad SMARTS) is 1. The van der Waals surface area contributed by atoms with Gasteiger partial charge >= 0.3 is 12.0 Å². The number of carbonyl (C=O) groups excluding carboxylic acids is 1. The minimum Gasteiger partial charge on any atom is -0.478 e. The van der Waals surface area contributed by atoms with Crippen LogP contribution in [0.25, 0.3) is 0 Å². The van der Waals surface area contributed by atoms with Crippen LogP contribution in [-0.4, -0.2) is 86.7 Å². The van der Waals surface area contributed by atoms with Gasteiger partial charge in [-0.25, -0.2) is 23.9 Å². The fraction of sp³-hybridized carbons (Fsp3) is 0.438. The van der Waals surface area contributed by atoms with Gasteiger partial charge in [0, 0.05) is 74.6 Å². The molecule has 3 aliphatic rings. The van der Waals surface area contributed by atoms with Crippen LogP contribution in [0.15, 0.2) is 54.7 Å². The molecule has 1 atom stereocenters. The predicted octanol–water partition coefficient (Wildman–Crippen LogP) is 4.99. The van der Waals surface area contributed by atoms with E-state index in [2.05, 4.69) is 20.2 Å². The number of ether oxygens (including phenoxy) is 1. The van der Waals surface area contributed by atoms with Crippen LogP contribution in [0.4, 0.5) is 20.8 Å². The molecule has 0 spiro atoms. The lowest BCUT2D eigenvalue weighted by Crippen LogP contribution is -2.48. The van der Waals surface area contributed by atoms with Crippen molar-refractivity contribution in [3.8, 4) is 0 Å². The third kappa shape index (κ3) is 6.47. The summed E-state index contributed by atoms with van der Waals surface area (Å²) in [6.07, 6.45) is 5.18. The van der Waals surface area contributed by atoms with Crippen LogP contribution < -0.4 is 5.32 Å². The van der Waals surface area contributed by atoms with E-state index in [-0.39, 0.29) is 35.5 Å². The fourth-order valence-corrected chi connectivity index (χ4v) is 6.46. The van der Waals surface area contributed by atoms with Crippen molar-refractivity contribution in [1.29, 1.82) is 0 Å². The number of likely N-dealkylation sites (tertiary alicyclic amines) is 1. The number of piperidine rings is 1. The molecule has 0 unspecified atom stereocenters. The number of benzene rings is 2. The fourth-order valence-electron chi connectivity index (χ4n) is 6.46. The van der Waals surface area contributed by atoms with E-state index >= 15 is 0 Å². The van der Waals surface area contributed by atoms with Gasteiger partial charge in [0.1, 0.15) is 5.82 Å². The molecule has 0 radical (unpaired) electrons. The molecule has 4 heterocycles. The van der Waals surface area contributed by atoms with Gasteiger partial charge in [-0.15, -0.1) is 0 Å². The van der Waals surface area contributed by atoms with E-state index in [0.717, 1.165) is 55.6 Å². The summed E-state index contributed by atoms with van der Waals surface area (Å²) in [6.45, 7) is 6.23. The van der Waals surface area contributed by atoms with Crippen LogP contribution in [0.1, 0.15) is 58.9 Å². The van der Waals surface area contributed by atoms with Gasteiger partial charge in [-0.2, -0.15) is 0 Å². The minimum absolute atomic E-state index is 0.0598. The monoisotopic (exact) mass is 588 g/mol. The first kappa shape index (κ1) is 29.0. The average molecular weight is 589 g/mol. The number of amides is 2. The zero-order chi connectivity index (χ0) is 29.9. The standard InChI is InChI=1S/C32H37FN6O4/c1-21-24(18-34-31(35-21)36-26-7-5-22(6-8-26)30(40)41)19-37-13-9-28(10-14-37)39-29(23-3-2-4-25(33)17-23)20-38(32(39)42)27-11-15-43-16-12-27/h2-8,17-18,27-29H,9-16,19-20H2,1H3,(H,40,41)(H,34,35,36)/t29-/m0/s1. The molecular weight excluding hydrogens is 551 g/mol. The van der Waals surface area contributed by atoms with Gasteiger partial charge in [0.05, 0.1) is 11.6 Å². The van der Waals surface area contributed by atoms with Crippen molar-refractivity contribution in [3.63, 3.8) is 0 Å². The van der Waals surface area contributed by atoms with E-state index in [1.54, 1.807) is 24.3 Å². The molecule has 3 fully saturated rings. The van der Waals surface area contributed by atoms with Crippen molar-refractivity contribution in [1.82, 2.24) is 24.7 Å². The summed E-state index contributed by atoms with van der Waals surface area (Å²) >= 11 is 0. The van der Waals surface area contributed by atoms with E-state index < -0.39 is 5.97 Å². The molecule has 226 valence electrons. The van der Waals surface area contributed by atoms with Crippen molar-refractivity contribution in [2.24, 2.45) is 0 Å². The highest BCUT2D eigenvalue weighted by Crippen LogP contribution is 2.37. The number of anilines is 2. The highest BCUT2D eigenvalue weighted by atomic mass is 19.1. The highest BCUT2D eigenvalue weighted by molar-refractivity contribution is 5.88. The second-order valence-electron chi connectivity index (χ2n) is 11.6. The zero-order valence-electron chi connectivity index (χ0n) is 24.3. The molecule has 43 heavy (non-hydrogen) atoms. The lowest BCUT2D eigenvalue weighted by Gasteiger charge is -2.39. The summed E-state index contributed by atoms with van der Waals surface area (Å²) in [4.78, 5) is 40.4. The first-order valence-corrected chi connectivity index (χ1v) is 14.9. The number of urea groups is 1. The molecular formula is C32H37FN6O4. The van der Waals surface area contributed by atoms with E-state index in [1.165, 1.54) is 18.2 Å². The maximum Gasteiger partial charge on any atom is 0.335 e. The number of carbonyl (C=O) groups is 2. The number of hydrogen-bond acceptors (Lipinski definition) is 7. The average Bonchev–Trinajstić information content (AvgIpc) is 3.36. The predicted molar refractivity (Wildman–Crippen MR) is 159 cm³/mol. The van der Waals surface area contributed by atoms with Crippen LogP contribution in [0, 0.1) is 12.7 Å². The van der Waals surface area contributed by atoms with E-state index in [9.17, 15) is 14.0 Å². The summed E-state index contributed by atoms with van der Waals surface area (Å²) in [5.74, 6) is -0.797. The van der Waals surface area contributed by atoms with Crippen molar-refractivity contribution >= 4 is 23.6 Å². The van der Waals surface area contributed by atoms with Crippen molar-refractivity contribution in [3.05, 3.63) is 82.9 Å². The number of nitrogens with zero attached hydrogens (tertiary/aromatic N) is 5. The third-order valence-electron chi connectivity index (χ3n) is 8.85. The van der Waals surface area contributed by atoms with Gasteiger partial charge in [-0.3, -0.25) is 4.90 Å². The number of nitrogens with one attached hydrogen (secondary N) is 1. The zero-order valence-corrected chi connectivity index (χ0v) is 24.3. The SMILES string of the molecule is Cc1nc(Nc2ccc(C(=O)O)cc2)ncc1CN1CCC(N2C(=O)N(C3CCOCC3)C[C@H]2c2cccc(F)c2)CC1. The van der Waals surface area contributed by atoms with Crippen LogP contribution in [0.3, 0.4) is 0 Å². The van der Waals surface area contributed by atoms with Crippen LogP contribution in [0.2, 0.25) is 0 Å². The van der Waals surface area contributed by atoms with Gasteiger partial charge in [-0.1, -0.05) is 12.1 Å². The molecule has 10 nitrogen and oxygen atoms in total. The Kier molecular flexibility index (Phi) is 8.53. The van der Waals surface area contributed by atoms with Crippen molar-refractivity contribution in [2.45, 2.75) is 57.3 Å². The Morgan fingerprint density at radius 3 is 2.49 bits per heavy atom. The molecule has 2 N–H and O–H groups in total. The number of aromatic carboxylic acids is 1. The van der Waals surface area contributed by atoms with Crippen LogP contribution in [0.5, 0.6) is 0 Å². The Morgan fingerprint density at radius 2 is 1.81 bits per heavy atom. The molecule has 3 saturated heterocycles. The second-order valence-corrected chi connectivity index (χ2v) is 11.6. The highest BCUT2D eigenvalue weighted by Gasteiger charge is 2.45. The summed E-state index contributed by atoms with van der Waals surface area (Å²) in [5, 5.41) is 12.2. The first-order valence-electron chi connectivity index (χ1n) is 14.9. The Balaban J connectivity index is 1.09. The Labute approximate surface area is 250 Å². The molecule has 1 aromatic heterocycles. The summed E-state index contributed by atoms with van der Waals surface area (Å²) in [6, 6.07) is 13.3. The molecule has 0 bridgehead atoms. The van der Waals surface area contributed by atoms with Gasteiger partial charge in [0.2, 0.25) is 5.95 Å². The minimum atomic E-state index is -0.970. The molecule has 11 heteroatoms. The topological polar surface area (TPSA) is 111 Å². The Hall–Kier alpha value is -4.09. The van der Waals surface area contributed by atoms with Gasteiger partial charge in [0.15, 0.2) is 0 Å². The largest absolute Gasteiger partial charge is 0.478 e. The number of carboxylic acids is 1. The molecule has 6 rings (SSSR count). The van der Waals surface area contributed by atoms with E-state index in [1.807, 2.05) is 29.0 Å². The van der Waals surface area contributed by atoms with Gasteiger partial charge in [0.25, 0.3) is 0 Å². The molecule has 2 amide bonds. The van der Waals surface area contributed by atoms with E-state index in [4.69, 9.17) is 9.84 Å². The molecule has 3 aliphatic heterocycles. The number of aryl methyl sites for hydroxylation is 1. The van der Waals surface area contributed by atoms with Crippen molar-refractivity contribution < 1.29 is 23.8 Å². The number of aromatic nitrogens is 2. The lowest BCUT2D eigenvalue weighted by molar-refractivity contribution is 0.0493. The Bertz CT molecular complexity index is 1460. The van der Waals surface area contributed by atoms with Crippen LogP contribution in [-0.2, 0) is 11.3 Å². The first-order chi connectivity index (χ1) is 20.9. The summed E-state index contributed by atoms with van der Waals surface area (Å²) < 4.78 is 19.8. The number of hydrogen-bond donors (Lipinski definition) is 2. The number of halogens is 1. The van der Waals surface area contributed by atoms with Gasteiger partial charge < -0.3 is 25.0 Å². The maximum absolute atomic E-state index is 14.2. The molecule has 0 saturated carbocycles. The quantitative estimate of drug-likeness (QED) is 0.379. The normalized spacial score (nSPS) is 20.5. The van der Waals surface area contributed by atoms with E-state index in [0.29, 0.717) is 37.9 Å². The second kappa shape index (κ2) is 12.6. The van der Waals surface area contributed by atoms with Crippen LogP contribution >= 0.6 is 0 Å². The van der Waals surface area contributed by atoms with Gasteiger partial charge in [-0.05, 0) is 74.6 Å². The Morgan fingerprint density at radius 1 is 1.07 bits per heavy atom. The number of rotatable bonds is 8. The smallest absolute Gasteiger partial charge is 0.335 e. The summed E-state index contributed by atoms with van der Waals surface area (Å²) in [7, 11) is 0. The molecule has 0 aliphatic carbocycles. The third-order valence-corrected chi connectivity index (χ3v) is 8.85. The maximum atomic E-state index is 14.2. The molecule has 3 aromatic rings. The molecule has 2 aromatic carbocycles. The summed E-state index contributed by atoms with van der Waals surface area (Å²) in [5.41, 5.74) is 3.69. The van der Waals surface area contributed by atoms with Crippen molar-refractivity contribution in [2.75, 3.05) is 38.2 Å². The lowest BCUT2D eigenvalue weighted by atomic mass is 9.98.